The standard InChI is InChI=1S/C27H27N5O4/c33-25(22-16-29-15-20-14-28-9-7-21(20)22)32-10-4-8-27(18-32)13-23(30-36-27)26(34)31-11-12-35-24(17-31)19-5-2-1-3-6-19/h1-3,5-7,9,14-16,24H,4,8,10-13,17-18H2. The molecule has 2 saturated heterocycles. The number of benzene rings is 1. The molecule has 9 heteroatoms. The van der Waals surface area contributed by atoms with Crippen molar-refractivity contribution in [3.05, 3.63) is 72.3 Å². The zero-order valence-electron chi connectivity index (χ0n) is 19.9. The van der Waals surface area contributed by atoms with Gasteiger partial charge in [-0.25, -0.2) is 0 Å². The van der Waals surface area contributed by atoms with Gasteiger partial charge in [-0.2, -0.15) is 0 Å². The van der Waals surface area contributed by atoms with Crippen molar-refractivity contribution in [2.75, 3.05) is 32.8 Å². The first kappa shape index (κ1) is 22.6. The van der Waals surface area contributed by atoms with Crippen LogP contribution in [-0.4, -0.2) is 75.7 Å². The van der Waals surface area contributed by atoms with Gasteiger partial charge in [-0.15, -0.1) is 0 Å². The van der Waals surface area contributed by atoms with Gasteiger partial charge in [0, 0.05) is 55.1 Å². The van der Waals surface area contributed by atoms with E-state index in [4.69, 9.17) is 9.57 Å². The van der Waals surface area contributed by atoms with Gasteiger partial charge in [0.15, 0.2) is 5.60 Å². The Morgan fingerprint density at radius 1 is 0.972 bits per heavy atom. The molecule has 2 aromatic heterocycles. The zero-order chi connectivity index (χ0) is 24.5. The Labute approximate surface area is 208 Å². The second-order valence-corrected chi connectivity index (χ2v) is 9.62. The van der Waals surface area contributed by atoms with Crippen molar-refractivity contribution in [3.8, 4) is 0 Å². The lowest BCUT2D eigenvalue weighted by Gasteiger charge is -2.38. The summed E-state index contributed by atoms with van der Waals surface area (Å²) in [4.78, 5) is 44.7. The Morgan fingerprint density at radius 3 is 2.72 bits per heavy atom. The summed E-state index contributed by atoms with van der Waals surface area (Å²) in [5.41, 5.74) is 1.33. The Morgan fingerprint density at radius 2 is 1.83 bits per heavy atom. The molecular weight excluding hydrogens is 458 g/mol. The van der Waals surface area contributed by atoms with Gasteiger partial charge in [-0.1, -0.05) is 35.5 Å². The van der Waals surface area contributed by atoms with Crippen molar-refractivity contribution in [2.24, 2.45) is 5.16 Å². The van der Waals surface area contributed by atoms with E-state index in [9.17, 15) is 9.59 Å². The number of aromatic nitrogens is 2. The van der Waals surface area contributed by atoms with Crippen LogP contribution >= 0.6 is 0 Å². The van der Waals surface area contributed by atoms with Crippen molar-refractivity contribution in [1.29, 1.82) is 0 Å². The monoisotopic (exact) mass is 485 g/mol. The molecule has 3 aliphatic rings. The molecule has 2 atom stereocenters. The van der Waals surface area contributed by atoms with Crippen LogP contribution in [-0.2, 0) is 14.4 Å². The minimum atomic E-state index is -0.677. The quantitative estimate of drug-likeness (QED) is 0.566. The summed E-state index contributed by atoms with van der Waals surface area (Å²) >= 11 is 0. The zero-order valence-corrected chi connectivity index (χ0v) is 19.9. The van der Waals surface area contributed by atoms with Gasteiger partial charge >= 0.3 is 0 Å². The molecule has 184 valence electrons. The molecule has 0 N–H and O–H groups in total. The van der Waals surface area contributed by atoms with Crippen molar-refractivity contribution in [2.45, 2.75) is 31.0 Å². The number of morpholine rings is 1. The topological polar surface area (TPSA) is 97.2 Å². The summed E-state index contributed by atoms with van der Waals surface area (Å²) in [6.45, 7) is 2.46. The van der Waals surface area contributed by atoms with Crippen molar-refractivity contribution in [1.82, 2.24) is 19.8 Å². The van der Waals surface area contributed by atoms with Crippen molar-refractivity contribution < 1.29 is 19.2 Å². The summed E-state index contributed by atoms with van der Waals surface area (Å²) in [5.74, 6) is -0.217. The van der Waals surface area contributed by atoms with E-state index in [0.717, 1.165) is 29.2 Å². The van der Waals surface area contributed by atoms with Crippen LogP contribution in [0.5, 0.6) is 0 Å². The number of oxime groups is 1. The van der Waals surface area contributed by atoms with Gasteiger partial charge in [0.25, 0.3) is 11.8 Å². The lowest BCUT2D eigenvalue weighted by atomic mass is 9.87. The Balaban J connectivity index is 1.14. The number of pyridine rings is 2. The first-order chi connectivity index (χ1) is 17.6. The highest BCUT2D eigenvalue weighted by Gasteiger charge is 2.46. The largest absolute Gasteiger partial charge is 0.386 e. The maximum absolute atomic E-state index is 13.5. The molecular formula is C27H27N5O4. The predicted molar refractivity (Wildman–Crippen MR) is 132 cm³/mol. The summed E-state index contributed by atoms with van der Waals surface area (Å²) in [7, 11) is 0. The van der Waals surface area contributed by atoms with Gasteiger partial charge < -0.3 is 19.4 Å². The maximum Gasteiger partial charge on any atom is 0.271 e. The Bertz CT molecular complexity index is 1320. The number of amides is 2. The number of ether oxygens (including phenoxy) is 1. The number of carbonyl (C=O) groups is 2. The van der Waals surface area contributed by atoms with Crippen molar-refractivity contribution in [3.63, 3.8) is 0 Å². The molecule has 2 amide bonds. The molecule has 2 unspecified atom stereocenters. The van der Waals surface area contributed by atoms with Gasteiger partial charge in [0.05, 0.1) is 25.3 Å². The normalized spacial score (nSPS) is 24.0. The van der Waals surface area contributed by atoms with Crippen molar-refractivity contribution >= 4 is 28.3 Å². The van der Waals surface area contributed by atoms with Crippen LogP contribution in [0.1, 0.15) is 41.3 Å². The van der Waals surface area contributed by atoms with Crippen LogP contribution in [0.4, 0.5) is 0 Å². The molecule has 2 fully saturated rings. The van der Waals surface area contributed by atoms with Gasteiger partial charge in [0.1, 0.15) is 11.8 Å². The number of fused-ring (bicyclic) bond motifs is 1. The number of likely N-dealkylation sites (tertiary alicyclic amines) is 1. The van der Waals surface area contributed by atoms with E-state index < -0.39 is 5.60 Å². The number of piperidine rings is 1. The Hall–Kier alpha value is -3.85. The fourth-order valence-corrected chi connectivity index (χ4v) is 5.37. The van der Waals surface area contributed by atoms with E-state index in [1.807, 2.05) is 36.4 Å². The first-order valence-electron chi connectivity index (χ1n) is 12.3. The minimum Gasteiger partial charge on any atom is -0.386 e. The molecule has 0 aliphatic carbocycles. The lowest BCUT2D eigenvalue weighted by Crippen LogP contribution is -2.51. The number of rotatable bonds is 3. The summed E-state index contributed by atoms with van der Waals surface area (Å²) < 4.78 is 5.91. The van der Waals surface area contributed by atoms with Crippen LogP contribution in [0.25, 0.3) is 10.8 Å². The maximum atomic E-state index is 13.5. The van der Waals surface area contributed by atoms with E-state index >= 15 is 0 Å². The van der Waals surface area contributed by atoms with Crippen LogP contribution in [0.2, 0.25) is 0 Å². The average molecular weight is 486 g/mol. The molecule has 0 bridgehead atoms. The lowest BCUT2D eigenvalue weighted by molar-refractivity contribution is -0.131. The highest BCUT2D eigenvalue weighted by Crippen LogP contribution is 2.35. The highest BCUT2D eigenvalue weighted by atomic mass is 16.7. The molecule has 5 heterocycles. The highest BCUT2D eigenvalue weighted by molar-refractivity contribution is 6.39. The second-order valence-electron chi connectivity index (χ2n) is 9.62. The van der Waals surface area contributed by atoms with E-state index in [2.05, 4.69) is 15.1 Å². The summed E-state index contributed by atoms with van der Waals surface area (Å²) in [6.07, 6.45) is 8.44. The summed E-state index contributed by atoms with van der Waals surface area (Å²) in [6, 6.07) is 11.8. The van der Waals surface area contributed by atoms with E-state index in [-0.39, 0.29) is 17.9 Å². The van der Waals surface area contributed by atoms with Crippen LogP contribution < -0.4 is 0 Å². The third-order valence-corrected chi connectivity index (χ3v) is 7.23. The SMILES string of the molecule is O=C(C1=NOC2(CCCN(C(=O)c3cncc4cnccc34)C2)C1)N1CCOC(c2ccccc2)C1. The number of hydrogen-bond donors (Lipinski definition) is 0. The van der Waals surface area contributed by atoms with E-state index in [0.29, 0.717) is 50.5 Å². The molecule has 0 radical (unpaired) electrons. The number of carbonyl (C=O) groups excluding carboxylic acids is 2. The first-order valence-corrected chi connectivity index (χ1v) is 12.3. The van der Waals surface area contributed by atoms with E-state index in [1.54, 1.807) is 34.6 Å². The number of hydrogen-bond acceptors (Lipinski definition) is 7. The molecule has 0 saturated carbocycles. The van der Waals surface area contributed by atoms with Gasteiger partial charge in [-0.05, 0) is 24.5 Å². The fraction of sp³-hybridized carbons (Fsp3) is 0.370. The van der Waals surface area contributed by atoms with Gasteiger partial charge in [0.2, 0.25) is 0 Å². The molecule has 3 aromatic rings. The summed E-state index contributed by atoms with van der Waals surface area (Å²) in [5, 5.41) is 5.87. The van der Waals surface area contributed by atoms with E-state index in [1.165, 1.54) is 0 Å². The smallest absolute Gasteiger partial charge is 0.271 e. The Kier molecular flexibility index (Phi) is 5.85. The molecule has 36 heavy (non-hydrogen) atoms. The molecule has 1 spiro atoms. The van der Waals surface area contributed by atoms with Crippen LogP contribution in [0.15, 0.2) is 66.3 Å². The molecule has 6 rings (SSSR count). The van der Waals surface area contributed by atoms with Crippen LogP contribution in [0.3, 0.4) is 0 Å². The fourth-order valence-electron chi connectivity index (χ4n) is 5.37. The van der Waals surface area contributed by atoms with Gasteiger partial charge in [-0.3, -0.25) is 19.6 Å². The predicted octanol–water partition coefficient (Wildman–Crippen LogP) is 2.98. The third-order valence-electron chi connectivity index (χ3n) is 7.23. The molecule has 9 nitrogen and oxygen atoms in total. The molecule has 1 aromatic carbocycles. The number of nitrogens with zero attached hydrogens (tertiary/aromatic N) is 5. The van der Waals surface area contributed by atoms with Crippen LogP contribution in [0, 0.1) is 0 Å². The molecule has 3 aliphatic heterocycles. The second kappa shape index (κ2) is 9.31. The minimum absolute atomic E-state index is 0.0966. The average Bonchev–Trinajstić information content (AvgIpc) is 3.35. The third kappa shape index (κ3) is 4.19.